The second-order valence-electron chi connectivity index (χ2n) is 8.39. The van der Waals surface area contributed by atoms with Crippen LogP contribution < -0.4 is 5.32 Å². The Labute approximate surface area is 214 Å². The molecular weight excluding hydrogens is 462 g/mol. The summed E-state index contributed by atoms with van der Waals surface area (Å²) in [5, 5.41) is 15.8. The fourth-order valence-corrected chi connectivity index (χ4v) is 5.00. The van der Waals surface area contributed by atoms with Crippen LogP contribution in [0.3, 0.4) is 0 Å². The summed E-state index contributed by atoms with van der Waals surface area (Å²) in [5.41, 5.74) is 5.75. The van der Waals surface area contributed by atoms with Crippen LogP contribution in [0.2, 0.25) is 0 Å². The summed E-state index contributed by atoms with van der Waals surface area (Å²) in [6, 6.07) is 36.0. The Hall–Kier alpha value is -4.40. The summed E-state index contributed by atoms with van der Waals surface area (Å²) < 4.78 is 0. The first kappa shape index (κ1) is 23.3. The molecule has 0 radical (unpaired) electrons. The van der Waals surface area contributed by atoms with Gasteiger partial charge in [0.1, 0.15) is 11.1 Å². The van der Waals surface area contributed by atoms with Gasteiger partial charge in [-0.25, -0.2) is 4.98 Å². The maximum absolute atomic E-state index is 13.0. The van der Waals surface area contributed by atoms with E-state index in [1.165, 1.54) is 11.8 Å². The number of amides is 1. The van der Waals surface area contributed by atoms with Crippen LogP contribution in [0.15, 0.2) is 108 Å². The first-order valence-electron chi connectivity index (χ1n) is 11.6. The van der Waals surface area contributed by atoms with E-state index in [2.05, 4.69) is 17.5 Å². The standard InChI is InChI=1S/C31H23N3OS/c1-21-16-17-23-12-8-9-15-25(23)30(21)34-29(35)20-36-31-27(19-32)26(22-10-4-2-5-11-22)18-28(33-31)24-13-6-3-7-14-24/h2-18H,20H2,1H3,(H,34,35). The minimum Gasteiger partial charge on any atom is -0.325 e. The van der Waals surface area contributed by atoms with Crippen LogP contribution in [0.5, 0.6) is 0 Å². The van der Waals surface area contributed by atoms with Crippen molar-refractivity contribution >= 4 is 34.1 Å². The number of nitriles is 1. The molecule has 0 atom stereocenters. The Morgan fingerprint density at radius 2 is 1.56 bits per heavy atom. The van der Waals surface area contributed by atoms with Gasteiger partial charge in [-0.15, -0.1) is 0 Å². The highest BCUT2D eigenvalue weighted by atomic mass is 32.2. The molecule has 174 valence electrons. The molecule has 0 aliphatic rings. The number of benzene rings is 4. The number of carbonyl (C=O) groups excluding carboxylic acids is 1. The van der Waals surface area contributed by atoms with E-state index in [9.17, 15) is 10.1 Å². The zero-order chi connectivity index (χ0) is 24.9. The Morgan fingerprint density at radius 1 is 0.889 bits per heavy atom. The van der Waals surface area contributed by atoms with Gasteiger partial charge in [-0.1, -0.05) is 109 Å². The third-order valence-electron chi connectivity index (χ3n) is 5.99. The molecule has 0 saturated heterocycles. The van der Waals surface area contributed by atoms with Gasteiger partial charge in [-0.2, -0.15) is 5.26 Å². The number of hydrogen-bond acceptors (Lipinski definition) is 4. The SMILES string of the molecule is Cc1ccc2ccccc2c1NC(=O)CSc1nc(-c2ccccc2)cc(-c2ccccc2)c1C#N. The molecule has 0 aliphatic heterocycles. The lowest BCUT2D eigenvalue weighted by Crippen LogP contribution is -2.15. The largest absolute Gasteiger partial charge is 0.325 e. The summed E-state index contributed by atoms with van der Waals surface area (Å²) in [7, 11) is 0. The van der Waals surface area contributed by atoms with E-state index < -0.39 is 0 Å². The van der Waals surface area contributed by atoms with E-state index in [0.717, 1.165) is 44.4 Å². The molecule has 1 N–H and O–H groups in total. The number of anilines is 1. The van der Waals surface area contributed by atoms with Crippen LogP contribution in [0.1, 0.15) is 11.1 Å². The van der Waals surface area contributed by atoms with Crippen LogP contribution in [-0.2, 0) is 4.79 Å². The maximum atomic E-state index is 13.0. The molecule has 36 heavy (non-hydrogen) atoms. The number of fused-ring (bicyclic) bond motifs is 1. The van der Waals surface area contributed by atoms with Gasteiger partial charge in [0.2, 0.25) is 5.91 Å². The number of rotatable bonds is 6. The molecule has 1 aromatic heterocycles. The quantitative estimate of drug-likeness (QED) is 0.253. The molecule has 5 heteroatoms. The van der Waals surface area contributed by atoms with Crippen molar-refractivity contribution in [3.8, 4) is 28.5 Å². The maximum Gasteiger partial charge on any atom is 0.234 e. The van der Waals surface area contributed by atoms with Crippen LogP contribution >= 0.6 is 11.8 Å². The van der Waals surface area contributed by atoms with Crippen LogP contribution in [0.4, 0.5) is 5.69 Å². The number of aryl methyl sites for hydroxylation is 1. The van der Waals surface area contributed by atoms with Crippen molar-refractivity contribution in [3.05, 3.63) is 114 Å². The molecule has 4 aromatic carbocycles. The van der Waals surface area contributed by atoms with Crippen molar-refractivity contribution in [2.45, 2.75) is 11.9 Å². The van der Waals surface area contributed by atoms with Gasteiger partial charge in [-0.05, 0) is 29.5 Å². The second kappa shape index (κ2) is 10.5. The number of nitrogens with one attached hydrogen (secondary N) is 1. The average Bonchev–Trinajstić information content (AvgIpc) is 2.94. The van der Waals surface area contributed by atoms with Gasteiger partial charge < -0.3 is 5.32 Å². The molecule has 0 aliphatic carbocycles. The second-order valence-corrected chi connectivity index (χ2v) is 9.36. The molecule has 5 rings (SSSR count). The number of thioether (sulfide) groups is 1. The third kappa shape index (κ3) is 4.86. The van der Waals surface area contributed by atoms with Crippen LogP contribution in [-0.4, -0.2) is 16.6 Å². The Balaban J connectivity index is 1.48. The summed E-state index contributed by atoms with van der Waals surface area (Å²) in [6.07, 6.45) is 0. The Bertz CT molecular complexity index is 1590. The minimum atomic E-state index is -0.142. The predicted molar refractivity (Wildman–Crippen MR) is 148 cm³/mol. The average molecular weight is 486 g/mol. The van der Waals surface area contributed by atoms with Gasteiger partial charge in [0.15, 0.2) is 0 Å². The van der Waals surface area contributed by atoms with Crippen molar-refractivity contribution in [3.63, 3.8) is 0 Å². The fraction of sp³-hybridized carbons (Fsp3) is 0.0645. The lowest BCUT2D eigenvalue weighted by molar-refractivity contribution is -0.113. The smallest absolute Gasteiger partial charge is 0.234 e. The fourth-order valence-electron chi connectivity index (χ4n) is 4.19. The molecule has 0 fully saturated rings. The first-order valence-corrected chi connectivity index (χ1v) is 12.6. The van der Waals surface area contributed by atoms with Gasteiger partial charge >= 0.3 is 0 Å². The van der Waals surface area contributed by atoms with Crippen molar-refractivity contribution in [1.82, 2.24) is 4.98 Å². The molecule has 4 nitrogen and oxygen atoms in total. The van der Waals surface area contributed by atoms with Gasteiger partial charge in [0.05, 0.1) is 22.7 Å². The highest BCUT2D eigenvalue weighted by Crippen LogP contribution is 2.34. The van der Waals surface area contributed by atoms with Crippen molar-refractivity contribution < 1.29 is 4.79 Å². The monoisotopic (exact) mass is 485 g/mol. The lowest BCUT2D eigenvalue weighted by atomic mass is 9.99. The van der Waals surface area contributed by atoms with E-state index in [4.69, 9.17) is 4.98 Å². The molecule has 5 aromatic rings. The third-order valence-corrected chi connectivity index (χ3v) is 6.97. The van der Waals surface area contributed by atoms with E-state index >= 15 is 0 Å². The van der Waals surface area contributed by atoms with Crippen molar-refractivity contribution in [2.75, 3.05) is 11.1 Å². The number of hydrogen-bond donors (Lipinski definition) is 1. The summed E-state index contributed by atoms with van der Waals surface area (Å²) in [4.78, 5) is 17.9. The molecule has 0 bridgehead atoms. The topological polar surface area (TPSA) is 65.8 Å². The summed E-state index contributed by atoms with van der Waals surface area (Å²) in [5.74, 6) is -0.00638. The number of carbonyl (C=O) groups is 1. The zero-order valence-electron chi connectivity index (χ0n) is 19.7. The Kier molecular flexibility index (Phi) is 6.79. The highest BCUT2D eigenvalue weighted by Gasteiger charge is 2.17. The molecule has 1 amide bonds. The van der Waals surface area contributed by atoms with Crippen molar-refractivity contribution in [2.24, 2.45) is 0 Å². The Morgan fingerprint density at radius 3 is 2.28 bits per heavy atom. The van der Waals surface area contributed by atoms with E-state index in [1.54, 1.807) is 0 Å². The minimum absolute atomic E-state index is 0.136. The number of pyridine rings is 1. The molecule has 0 saturated carbocycles. The zero-order valence-corrected chi connectivity index (χ0v) is 20.5. The normalized spacial score (nSPS) is 10.7. The van der Waals surface area contributed by atoms with E-state index in [1.807, 2.05) is 104 Å². The molecule has 0 spiro atoms. The van der Waals surface area contributed by atoms with Gasteiger partial charge in [0, 0.05) is 16.5 Å². The van der Waals surface area contributed by atoms with Crippen molar-refractivity contribution in [1.29, 1.82) is 5.26 Å². The molecule has 1 heterocycles. The predicted octanol–water partition coefficient (Wildman–Crippen LogP) is 7.48. The van der Waals surface area contributed by atoms with Gasteiger partial charge in [-0.3, -0.25) is 4.79 Å². The van der Waals surface area contributed by atoms with Gasteiger partial charge in [0.25, 0.3) is 0 Å². The number of aromatic nitrogens is 1. The molecular formula is C31H23N3OS. The summed E-state index contributed by atoms with van der Waals surface area (Å²) in [6.45, 7) is 1.99. The van der Waals surface area contributed by atoms with Crippen LogP contribution in [0, 0.1) is 18.3 Å². The molecule has 0 unspecified atom stereocenters. The number of nitrogens with zero attached hydrogens (tertiary/aromatic N) is 2. The van der Waals surface area contributed by atoms with Crippen LogP contribution in [0.25, 0.3) is 33.2 Å². The van der Waals surface area contributed by atoms with E-state index in [-0.39, 0.29) is 11.7 Å². The van der Waals surface area contributed by atoms with E-state index in [0.29, 0.717) is 10.6 Å². The highest BCUT2D eigenvalue weighted by molar-refractivity contribution is 8.00. The lowest BCUT2D eigenvalue weighted by Gasteiger charge is -2.14. The summed E-state index contributed by atoms with van der Waals surface area (Å²) >= 11 is 1.28. The first-order chi connectivity index (χ1) is 17.6.